The molecule has 3 amide bonds. The van der Waals surface area contributed by atoms with Crippen molar-refractivity contribution in [1.82, 2.24) is 10.7 Å². The van der Waals surface area contributed by atoms with Crippen LogP contribution in [0.4, 0.5) is 5.69 Å². The lowest BCUT2D eigenvalue weighted by Gasteiger charge is -2.09. The molecule has 0 spiro atoms. The molecule has 0 aromatic heterocycles. The highest BCUT2D eigenvalue weighted by Gasteiger charge is 2.10. The van der Waals surface area contributed by atoms with E-state index >= 15 is 0 Å². The Labute approximate surface area is 177 Å². The van der Waals surface area contributed by atoms with E-state index in [0.717, 1.165) is 0 Å². The molecule has 8 nitrogen and oxygen atoms in total. The number of benzene rings is 2. The van der Waals surface area contributed by atoms with Gasteiger partial charge in [-0.15, -0.1) is 0 Å². The molecule has 2 aromatic rings. The molecular weight excluding hydrogens is 419 g/mol. The third-order valence-corrected chi connectivity index (χ3v) is 3.93. The number of hydrogen-bond donors (Lipinski definition) is 3. The Kier molecular flexibility index (Phi) is 8.45. The summed E-state index contributed by atoms with van der Waals surface area (Å²) in [6.45, 7) is 1.84. The number of hydrogen-bond acceptors (Lipinski definition) is 5. The normalized spacial score (nSPS) is 10.4. The van der Waals surface area contributed by atoms with Gasteiger partial charge in [0.25, 0.3) is 5.91 Å². The van der Waals surface area contributed by atoms with Crippen LogP contribution in [0.3, 0.4) is 0 Å². The van der Waals surface area contributed by atoms with Crippen LogP contribution < -0.4 is 20.8 Å². The summed E-state index contributed by atoms with van der Waals surface area (Å²) >= 11 is 11.8. The zero-order chi connectivity index (χ0) is 21.2. The largest absolute Gasteiger partial charge is 0.484 e. The zero-order valence-electron chi connectivity index (χ0n) is 15.4. The molecule has 0 saturated heterocycles. The standard InChI is InChI=1S/C19H18Cl2N4O4/c1-2-22-18(27)19(28)25-23-10-12-3-6-14(7-4-12)29-11-17(26)24-16-8-5-13(20)9-15(16)21/h3-10H,2,11H2,1H3,(H,22,27)(H,24,26)(H,25,28)/b23-10-. The SMILES string of the molecule is CCNC(=O)C(=O)N/N=C\c1ccc(OCC(=O)Nc2ccc(Cl)cc2Cl)cc1. The van der Waals surface area contributed by atoms with Crippen molar-refractivity contribution in [2.75, 3.05) is 18.5 Å². The number of anilines is 1. The van der Waals surface area contributed by atoms with Gasteiger partial charge in [0.1, 0.15) is 5.75 Å². The fourth-order valence-electron chi connectivity index (χ4n) is 2.03. The van der Waals surface area contributed by atoms with Gasteiger partial charge in [-0.1, -0.05) is 23.2 Å². The number of ether oxygens (including phenoxy) is 1. The predicted molar refractivity (Wildman–Crippen MR) is 111 cm³/mol. The third-order valence-electron chi connectivity index (χ3n) is 3.38. The minimum absolute atomic E-state index is 0.213. The molecule has 3 N–H and O–H groups in total. The van der Waals surface area contributed by atoms with Crippen molar-refractivity contribution >= 4 is 52.8 Å². The van der Waals surface area contributed by atoms with Gasteiger partial charge in [-0.05, 0) is 55.0 Å². The Hall–Kier alpha value is -3.10. The molecule has 0 radical (unpaired) electrons. The van der Waals surface area contributed by atoms with Crippen LogP contribution in [-0.4, -0.2) is 37.1 Å². The van der Waals surface area contributed by atoms with Crippen molar-refractivity contribution in [1.29, 1.82) is 0 Å². The average Bonchev–Trinajstić information content (AvgIpc) is 2.69. The third kappa shape index (κ3) is 7.44. The maximum Gasteiger partial charge on any atom is 0.329 e. The Bertz CT molecular complexity index is 917. The van der Waals surface area contributed by atoms with E-state index in [9.17, 15) is 14.4 Å². The summed E-state index contributed by atoms with van der Waals surface area (Å²) in [5.74, 6) is -1.53. The van der Waals surface area contributed by atoms with E-state index in [1.165, 1.54) is 12.3 Å². The Morgan fingerprint density at radius 2 is 1.79 bits per heavy atom. The van der Waals surface area contributed by atoms with Crippen molar-refractivity contribution in [2.45, 2.75) is 6.92 Å². The van der Waals surface area contributed by atoms with Gasteiger partial charge in [0, 0.05) is 11.6 Å². The summed E-state index contributed by atoms with van der Waals surface area (Å²) in [6.07, 6.45) is 1.37. The summed E-state index contributed by atoms with van der Waals surface area (Å²) in [4.78, 5) is 34.6. The lowest BCUT2D eigenvalue weighted by Crippen LogP contribution is -2.37. The molecule has 0 bridgehead atoms. The van der Waals surface area contributed by atoms with Crippen molar-refractivity contribution in [3.63, 3.8) is 0 Å². The van der Waals surface area contributed by atoms with Gasteiger partial charge in [0.05, 0.1) is 16.9 Å². The highest BCUT2D eigenvalue weighted by atomic mass is 35.5. The number of rotatable bonds is 7. The Morgan fingerprint density at radius 3 is 2.45 bits per heavy atom. The maximum absolute atomic E-state index is 12.0. The summed E-state index contributed by atoms with van der Waals surface area (Å²) in [6, 6.07) is 11.4. The topological polar surface area (TPSA) is 109 Å². The van der Waals surface area contributed by atoms with Gasteiger partial charge in [0.2, 0.25) is 0 Å². The van der Waals surface area contributed by atoms with E-state index in [1.807, 2.05) is 0 Å². The molecule has 2 rings (SSSR count). The first-order valence-electron chi connectivity index (χ1n) is 8.48. The first-order valence-corrected chi connectivity index (χ1v) is 9.23. The van der Waals surface area contributed by atoms with E-state index in [0.29, 0.717) is 33.6 Å². The van der Waals surface area contributed by atoms with Gasteiger partial charge in [0.15, 0.2) is 6.61 Å². The number of nitrogens with zero attached hydrogens (tertiary/aromatic N) is 1. The van der Waals surface area contributed by atoms with Crippen molar-refractivity contribution in [2.24, 2.45) is 5.10 Å². The van der Waals surface area contributed by atoms with E-state index < -0.39 is 11.8 Å². The predicted octanol–water partition coefficient (Wildman–Crippen LogP) is 2.60. The maximum atomic E-state index is 12.0. The fourth-order valence-corrected chi connectivity index (χ4v) is 2.49. The Morgan fingerprint density at radius 1 is 1.07 bits per heavy atom. The van der Waals surface area contributed by atoms with Gasteiger partial charge >= 0.3 is 11.8 Å². The van der Waals surface area contributed by atoms with Crippen molar-refractivity contribution < 1.29 is 19.1 Å². The van der Waals surface area contributed by atoms with E-state index in [4.69, 9.17) is 27.9 Å². The monoisotopic (exact) mass is 436 g/mol. The average molecular weight is 437 g/mol. The van der Waals surface area contributed by atoms with Crippen LogP contribution in [0, 0.1) is 0 Å². The van der Waals surface area contributed by atoms with Crippen LogP contribution in [-0.2, 0) is 14.4 Å². The number of halogens is 2. The summed E-state index contributed by atoms with van der Waals surface area (Å²) in [7, 11) is 0. The molecular formula is C19H18Cl2N4O4. The quantitative estimate of drug-likeness (QED) is 0.352. The molecule has 0 heterocycles. The lowest BCUT2D eigenvalue weighted by molar-refractivity contribution is -0.139. The fraction of sp³-hybridized carbons (Fsp3) is 0.158. The number of nitrogens with one attached hydrogen (secondary N) is 3. The zero-order valence-corrected chi connectivity index (χ0v) is 16.9. The number of amides is 3. The molecule has 29 heavy (non-hydrogen) atoms. The number of hydrazone groups is 1. The number of likely N-dealkylation sites (N-methyl/N-ethyl adjacent to an activating group) is 1. The van der Waals surface area contributed by atoms with Gasteiger partial charge in [-0.2, -0.15) is 5.10 Å². The minimum atomic E-state index is -0.852. The smallest absolute Gasteiger partial charge is 0.329 e. The number of carbonyl (C=O) groups is 3. The van der Waals surface area contributed by atoms with E-state index in [-0.39, 0.29) is 12.5 Å². The molecule has 0 atom stereocenters. The first-order chi connectivity index (χ1) is 13.9. The lowest BCUT2D eigenvalue weighted by atomic mass is 10.2. The van der Waals surface area contributed by atoms with Crippen LogP contribution in [0.25, 0.3) is 0 Å². The van der Waals surface area contributed by atoms with E-state index in [1.54, 1.807) is 43.3 Å². The molecule has 0 unspecified atom stereocenters. The summed E-state index contributed by atoms with van der Waals surface area (Å²) in [5.41, 5.74) is 3.21. The second-order valence-electron chi connectivity index (χ2n) is 5.59. The molecule has 0 aliphatic carbocycles. The molecule has 10 heteroatoms. The van der Waals surface area contributed by atoms with Crippen molar-refractivity contribution in [3.8, 4) is 5.75 Å². The molecule has 2 aromatic carbocycles. The summed E-state index contributed by atoms with van der Waals surface area (Å²) in [5, 5.41) is 9.48. The van der Waals surface area contributed by atoms with Crippen LogP contribution in [0.15, 0.2) is 47.6 Å². The second-order valence-corrected chi connectivity index (χ2v) is 6.43. The van der Waals surface area contributed by atoms with Gasteiger partial charge in [-0.25, -0.2) is 5.43 Å². The molecule has 0 fully saturated rings. The minimum Gasteiger partial charge on any atom is -0.484 e. The molecule has 0 saturated carbocycles. The van der Waals surface area contributed by atoms with Crippen LogP contribution in [0.5, 0.6) is 5.75 Å². The summed E-state index contributed by atoms with van der Waals surface area (Å²) < 4.78 is 5.41. The highest BCUT2D eigenvalue weighted by molar-refractivity contribution is 6.36. The van der Waals surface area contributed by atoms with E-state index in [2.05, 4.69) is 21.2 Å². The number of carbonyl (C=O) groups excluding carboxylic acids is 3. The molecule has 0 aliphatic heterocycles. The Balaban J connectivity index is 1.81. The first kappa shape index (κ1) is 22.2. The van der Waals surface area contributed by atoms with Crippen LogP contribution >= 0.6 is 23.2 Å². The highest BCUT2D eigenvalue weighted by Crippen LogP contribution is 2.25. The van der Waals surface area contributed by atoms with Gasteiger partial charge < -0.3 is 15.4 Å². The van der Waals surface area contributed by atoms with Crippen LogP contribution in [0.2, 0.25) is 10.0 Å². The van der Waals surface area contributed by atoms with Crippen molar-refractivity contribution in [3.05, 3.63) is 58.1 Å². The van der Waals surface area contributed by atoms with Crippen LogP contribution in [0.1, 0.15) is 12.5 Å². The second kappa shape index (κ2) is 11.0. The molecule has 0 aliphatic rings. The molecule has 152 valence electrons. The van der Waals surface area contributed by atoms with Gasteiger partial charge in [-0.3, -0.25) is 14.4 Å².